The third-order valence-electron chi connectivity index (χ3n) is 6.37. The van der Waals surface area contributed by atoms with Crippen LogP contribution in [0.25, 0.3) is 0 Å². The Labute approximate surface area is 244 Å². The van der Waals surface area contributed by atoms with Crippen LogP contribution in [0.3, 0.4) is 0 Å². The van der Waals surface area contributed by atoms with Crippen molar-refractivity contribution in [3.63, 3.8) is 0 Å². The molecule has 2 rings (SSSR count). The van der Waals surface area contributed by atoms with Crippen molar-refractivity contribution >= 4 is 46.9 Å². The van der Waals surface area contributed by atoms with Crippen molar-refractivity contribution in [1.82, 2.24) is 20.0 Å². The van der Waals surface area contributed by atoms with Crippen LogP contribution < -0.4 is 10.6 Å². The summed E-state index contributed by atoms with van der Waals surface area (Å²) in [5.41, 5.74) is 1.66. The Kier molecular flexibility index (Phi) is 15.0. The van der Waals surface area contributed by atoms with E-state index in [-0.39, 0.29) is 44.7 Å². The van der Waals surface area contributed by atoms with Crippen molar-refractivity contribution in [1.29, 1.82) is 0 Å². The van der Waals surface area contributed by atoms with Crippen molar-refractivity contribution in [2.45, 2.75) is 18.9 Å². The molecule has 0 saturated carbocycles. The van der Waals surface area contributed by atoms with E-state index >= 15 is 0 Å². The van der Waals surface area contributed by atoms with Gasteiger partial charge in [0, 0.05) is 51.0 Å². The molecule has 1 heterocycles. The molecule has 41 heavy (non-hydrogen) atoms. The van der Waals surface area contributed by atoms with Gasteiger partial charge in [0.15, 0.2) is 5.11 Å². The van der Waals surface area contributed by atoms with Crippen LogP contribution in [0.4, 0.5) is 5.69 Å². The lowest BCUT2D eigenvalue weighted by Gasteiger charge is -2.33. The molecule has 1 unspecified atom stereocenters. The minimum atomic E-state index is -1.02. The van der Waals surface area contributed by atoms with Crippen LogP contribution in [0.2, 0.25) is 0 Å². The summed E-state index contributed by atoms with van der Waals surface area (Å²) in [7, 11) is 1.32. The fourth-order valence-electron chi connectivity index (χ4n) is 4.38. The number of carboxylic acids is 3. The lowest BCUT2D eigenvalue weighted by atomic mass is 10.0. The summed E-state index contributed by atoms with van der Waals surface area (Å²) in [5.74, 6) is -3.36. The molecule has 1 saturated heterocycles. The van der Waals surface area contributed by atoms with Crippen LogP contribution >= 0.6 is 12.2 Å². The highest BCUT2D eigenvalue weighted by molar-refractivity contribution is 7.80. The number of hydrogen-bond acceptors (Lipinski definition) is 10. The molecular formula is C26H39N5O9S. The number of hydrogen-bond donors (Lipinski definition) is 5. The molecule has 0 spiro atoms. The monoisotopic (exact) mass is 597 g/mol. The Hall–Kier alpha value is -3.37. The third kappa shape index (κ3) is 14.2. The topological polar surface area (TPSA) is 181 Å². The number of aliphatic carboxylic acids is 3. The third-order valence-corrected chi connectivity index (χ3v) is 6.62. The van der Waals surface area contributed by atoms with Crippen LogP contribution in [0.15, 0.2) is 24.3 Å². The highest BCUT2D eigenvalue weighted by Crippen LogP contribution is 2.16. The Bertz CT molecular complexity index is 1030. The number of esters is 1. The molecule has 0 aromatic heterocycles. The van der Waals surface area contributed by atoms with E-state index in [1.165, 1.54) is 7.11 Å². The van der Waals surface area contributed by atoms with E-state index in [2.05, 4.69) is 15.4 Å². The zero-order valence-electron chi connectivity index (χ0n) is 23.1. The number of benzene rings is 1. The van der Waals surface area contributed by atoms with Gasteiger partial charge < -0.3 is 35.4 Å². The Morgan fingerprint density at radius 1 is 0.902 bits per heavy atom. The summed E-state index contributed by atoms with van der Waals surface area (Å²) in [6.07, 6.45) is 0.648. The number of methoxy groups -OCH3 is 1. The number of carboxylic acid groups (broad SMARTS) is 3. The maximum atomic E-state index is 11.7. The van der Waals surface area contributed by atoms with Gasteiger partial charge in [-0.3, -0.25) is 33.9 Å². The average Bonchev–Trinajstić information content (AvgIpc) is 2.97. The van der Waals surface area contributed by atoms with Gasteiger partial charge in [-0.05, 0) is 36.3 Å². The number of carbonyl (C=O) groups excluding carboxylic acids is 1. The van der Waals surface area contributed by atoms with Gasteiger partial charge in [0.05, 0.1) is 46.4 Å². The van der Waals surface area contributed by atoms with Crippen LogP contribution in [0.1, 0.15) is 12.0 Å². The first kappa shape index (κ1) is 33.8. The number of ether oxygens (including phenoxy) is 2. The molecule has 0 amide bonds. The molecule has 0 radical (unpaired) electrons. The van der Waals surface area contributed by atoms with Gasteiger partial charge in [-0.1, -0.05) is 12.1 Å². The predicted molar refractivity (Wildman–Crippen MR) is 153 cm³/mol. The molecule has 1 aromatic rings. The van der Waals surface area contributed by atoms with E-state index < -0.39 is 17.9 Å². The fourth-order valence-corrected chi connectivity index (χ4v) is 4.60. The first-order chi connectivity index (χ1) is 19.5. The molecule has 15 heteroatoms. The maximum Gasteiger partial charge on any atom is 0.317 e. The number of thiocarbonyl (C=S) groups is 1. The molecule has 1 aliphatic rings. The summed E-state index contributed by atoms with van der Waals surface area (Å²) in [5, 5.41) is 34.7. The number of nitrogens with zero attached hydrogens (tertiary/aromatic N) is 3. The molecule has 1 fully saturated rings. The van der Waals surface area contributed by atoms with Crippen molar-refractivity contribution in [2.24, 2.45) is 0 Å². The summed E-state index contributed by atoms with van der Waals surface area (Å²) >= 11 is 5.31. The second kappa shape index (κ2) is 18.1. The molecule has 1 aliphatic heterocycles. The van der Waals surface area contributed by atoms with Gasteiger partial charge in [-0.15, -0.1) is 0 Å². The van der Waals surface area contributed by atoms with Gasteiger partial charge >= 0.3 is 23.9 Å². The lowest BCUT2D eigenvalue weighted by Crippen LogP contribution is -2.49. The maximum absolute atomic E-state index is 11.7. The van der Waals surface area contributed by atoms with Crippen LogP contribution in [-0.4, -0.2) is 144 Å². The molecule has 0 bridgehead atoms. The Morgan fingerprint density at radius 3 is 2.15 bits per heavy atom. The number of nitrogens with one attached hydrogen (secondary N) is 2. The molecule has 1 atom stereocenters. The zero-order valence-corrected chi connectivity index (χ0v) is 23.9. The zero-order chi connectivity index (χ0) is 30.2. The predicted octanol–water partition coefficient (Wildman–Crippen LogP) is -0.363. The molecule has 228 valence electrons. The Morgan fingerprint density at radius 2 is 1.51 bits per heavy atom. The van der Waals surface area contributed by atoms with Gasteiger partial charge in [0.1, 0.15) is 0 Å². The van der Waals surface area contributed by atoms with Crippen LogP contribution in [-0.2, 0) is 35.1 Å². The van der Waals surface area contributed by atoms with Gasteiger partial charge in [-0.25, -0.2) is 0 Å². The van der Waals surface area contributed by atoms with Crippen molar-refractivity contribution < 1.29 is 44.0 Å². The normalized spacial score (nSPS) is 17.0. The summed E-state index contributed by atoms with van der Waals surface area (Å²) in [4.78, 5) is 50.7. The first-order valence-electron chi connectivity index (χ1n) is 13.2. The van der Waals surface area contributed by atoms with Crippen molar-refractivity contribution in [2.75, 3.05) is 84.5 Å². The highest BCUT2D eigenvalue weighted by atomic mass is 32.1. The largest absolute Gasteiger partial charge is 0.480 e. The smallest absolute Gasteiger partial charge is 0.317 e. The van der Waals surface area contributed by atoms with Crippen molar-refractivity contribution in [3.8, 4) is 0 Å². The minimum absolute atomic E-state index is 0.182. The van der Waals surface area contributed by atoms with Gasteiger partial charge in [-0.2, -0.15) is 0 Å². The summed E-state index contributed by atoms with van der Waals surface area (Å²) in [6, 6.07) is 7.17. The van der Waals surface area contributed by atoms with E-state index in [0.29, 0.717) is 57.4 Å². The minimum Gasteiger partial charge on any atom is -0.480 e. The molecule has 5 N–H and O–H groups in total. The fraction of sp³-hybridized carbons (Fsp3) is 0.577. The highest BCUT2D eigenvalue weighted by Gasteiger charge is 2.27. The lowest BCUT2D eigenvalue weighted by molar-refractivity contribution is -0.142. The number of carbonyl (C=O) groups is 4. The van der Waals surface area contributed by atoms with E-state index in [4.69, 9.17) is 17.0 Å². The van der Waals surface area contributed by atoms with E-state index in [9.17, 15) is 34.5 Å². The molecule has 1 aromatic carbocycles. The summed E-state index contributed by atoms with van der Waals surface area (Å²) < 4.78 is 9.89. The number of rotatable bonds is 15. The van der Waals surface area contributed by atoms with E-state index in [0.717, 1.165) is 11.3 Å². The van der Waals surface area contributed by atoms with Crippen molar-refractivity contribution in [3.05, 3.63) is 29.8 Å². The number of anilines is 1. The standard InChI is InChI=1S/C26H39N5O9S/c1-39-25(38)6-12-40-13-7-27-26(41)28-20-4-2-19(3-5-20)14-21-15-30(17-23(34)35)9-8-29(16-22(32)33)10-11-31(21)18-24(36)37/h2-5,21H,6-18H2,1H3,(H,32,33)(H,34,35)(H,36,37)(H2,27,28,41). The quantitative estimate of drug-likeness (QED) is 0.100. The first-order valence-corrected chi connectivity index (χ1v) is 13.6. The molecular weight excluding hydrogens is 558 g/mol. The van der Waals surface area contributed by atoms with E-state index in [1.54, 1.807) is 14.7 Å². The SMILES string of the molecule is COC(=O)CCOCCNC(=S)Nc1ccc(CC2CN(CC(=O)O)CCN(CC(=O)O)CCN2CC(=O)O)cc1. The molecule has 0 aliphatic carbocycles. The van der Waals surface area contributed by atoms with Gasteiger partial charge in [0.25, 0.3) is 0 Å². The molecule has 14 nitrogen and oxygen atoms in total. The Balaban J connectivity index is 2.01. The van der Waals surface area contributed by atoms with Gasteiger partial charge in [0.2, 0.25) is 0 Å². The van der Waals surface area contributed by atoms with Crippen LogP contribution in [0.5, 0.6) is 0 Å². The summed E-state index contributed by atoms with van der Waals surface area (Å²) in [6.45, 7) is 2.08. The van der Waals surface area contributed by atoms with Crippen LogP contribution in [0, 0.1) is 0 Å². The average molecular weight is 598 g/mol. The second-order valence-electron chi connectivity index (χ2n) is 9.54. The van der Waals surface area contributed by atoms with E-state index in [1.807, 2.05) is 24.3 Å². The second-order valence-corrected chi connectivity index (χ2v) is 9.95.